The van der Waals surface area contributed by atoms with Crippen LogP contribution in [0.25, 0.3) is 6.08 Å². The summed E-state index contributed by atoms with van der Waals surface area (Å²) in [5.41, 5.74) is 0.968. The lowest BCUT2D eigenvalue weighted by Gasteiger charge is -2.09. The summed E-state index contributed by atoms with van der Waals surface area (Å²) >= 11 is 0. The molecule has 0 heterocycles. The molecular weight excluding hydrogens is 260 g/mol. The number of carbonyl (C=O) groups is 1. The minimum Gasteiger partial charge on any atom is -0.493 e. The summed E-state index contributed by atoms with van der Waals surface area (Å²) in [7, 11) is 0. The van der Waals surface area contributed by atoms with Crippen molar-refractivity contribution >= 4 is 11.9 Å². The number of hydrogen-bond donors (Lipinski definition) is 0. The van der Waals surface area contributed by atoms with Gasteiger partial charge in [-0.15, -0.1) is 0 Å². The van der Waals surface area contributed by atoms with Gasteiger partial charge in [-0.05, 0) is 31.6 Å². The smallest absolute Gasteiger partial charge is 0.152 e. The van der Waals surface area contributed by atoms with Crippen molar-refractivity contribution in [3.05, 3.63) is 35.9 Å². The van der Waals surface area contributed by atoms with Crippen molar-refractivity contribution in [2.75, 3.05) is 6.61 Å². The van der Waals surface area contributed by atoms with E-state index >= 15 is 0 Å². The largest absolute Gasteiger partial charge is 0.493 e. The van der Waals surface area contributed by atoms with Crippen molar-refractivity contribution in [1.82, 2.24) is 0 Å². The Balaban J connectivity index is 2.27. The van der Waals surface area contributed by atoms with Crippen LogP contribution in [0.4, 0.5) is 0 Å². The lowest BCUT2D eigenvalue weighted by molar-refractivity contribution is -0.112. The number of allylic oxidation sites excluding steroid dienone is 1. The average molecular weight is 288 g/mol. The van der Waals surface area contributed by atoms with Gasteiger partial charge in [0, 0.05) is 5.56 Å². The summed E-state index contributed by atoms with van der Waals surface area (Å²) < 4.78 is 5.83. The topological polar surface area (TPSA) is 26.3 Å². The molecular formula is C19H28O2. The van der Waals surface area contributed by atoms with Gasteiger partial charge in [-0.2, -0.15) is 0 Å². The molecule has 0 aromatic heterocycles. The molecule has 0 N–H and O–H groups in total. The van der Waals surface area contributed by atoms with Crippen LogP contribution < -0.4 is 4.74 Å². The minimum absolute atomic E-state index is 0.0527. The van der Waals surface area contributed by atoms with E-state index in [1.807, 2.05) is 30.3 Å². The Kier molecular flexibility index (Phi) is 9.26. The summed E-state index contributed by atoms with van der Waals surface area (Å²) in [5, 5.41) is 0. The summed E-state index contributed by atoms with van der Waals surface area (Å²) in [5.74, 6) is 0.915. The molecule has 0 bridgehead atoms. The van der Waals surface area contributed by atoms with E-state index in [2.05, 4.69) is 6.92 Å². The third-order valence-electron chi connectivity index (χ3n) is 3.42. The second-order valence-electron chi connectivity index (χ2n) is 5.45. The van der Waals surface area contributed by atoms with E-state index in [1.165, 1.54) is 38.5 Å². The van der Waals surface area contributed by atoms with Crippen LogP contribution in [0.3, 0.4) is 0 Å². The maximum atomic E-state index is 11.0. The van der Waals surface area contributed by atoms with Gasteiger partial charge in [0.15, 0.2) is 5.78 Å². The van der Waals surface area contributed by atoms with E-state index in [0.717, 1.165) is 24.3 Å². The summed E-state index contributed by atoms with van der Waals surface area (Å²) in [4.78, 5) is 11.0. The van der Waals surface area contributed by atoms with E-state index in [4.69, 9.17) is 4.74 Å². The van der Waals surface area contributed by atoms with Crippen LogP contribution in [0.1, 0.15) is 64.4 Å². The minimum atomic E-state index is 0.0527. The molecule has 0 saturated heterocycles. The Hall–Kier alpha value is -1.57. The van der Waals surface area contributed by atoms with Gasteiger partial charge >= 0.3 is 0 Å². The van der Waals surface area contributed by atoms with Gasteiger partial charge in [-0.25, -0.2) is 0 Å². The highest BCUT2D eigenvalue weighted by Crippen LogP contribution is 2.20. The normalized spacial score (nSPS) is 11.0. The number of unbranched alkanes of at least 4 members (excludes halogenated alkanes) is 6. The fraction of sp³-hybridized carbons (Fsp3) is 0.526. The Morgan fingerprint density at radius 3 is 2.43 bits per heavy atom. The van der Waals surface area contributed by atoms with Gasteiger partial charge in [0.05, 0.1) is 6.61 Å². The number of rotatable bonds is 11. The van der Waals surface area contributed by atoms with Gasteiger partial charge in [-0.1, -0.05) is 63.6 Å². The SMILES string of the molecule is CCCCCCCCCOc1ccccc1C=CC(C)=O. The molecule has 0 saturated carbocycles. The second kappa shape index (κ2) is 11.1. The molecule has 0 aliphatic rings. The van der Waals surface area contributed by atoms with Crippen molar-refractivity contribution in [2.45, 2.75) is 58.8 Å². The van der Waals surface area contributed by atoms with Crippen LogP contribution in [0, 0.1) is 0 Å². The molecule has 1 aromatic rings. The van der Waals surface area contributed by atoms with Crippen LogP contribution in [0.2, 0.25) is 0 Å². The monoisotopic (exact) mass is 288 g/mol. The number of hydrogen-bond acceptors (Lipinski definition) is 2. The molecule has 0 unspecified atom stereocenters. The first-order valence-electron chi connectivity index (χ1n) is 8.14. The van der Waals surface area contributed by atoms with Gasteiger partial charge < -0.3 is 4.74 Å². The number of para-hydroxylation sites is 1. The Labute approximate surface area is 129 Å². The van der Waals surface area contributed by atoms with E-state index < -0.39 is 0 Å². The fourth-order valence-corrected chi connectivity index (χ4v) is 2.20. The molecule has 0 fully saturated rings. The lowest BCUT2D eigenvalue weighted by Crippen LogP contribution is -1.98. The summed E-state index contributed by atoms with van der Waals surface area (Å²) in [6, 6.07) is 7.85. The standard InChI is InChI=1S/C19H28O2/c1-3-4-5-6-7-8-11-16-21-19-13-10-9-12-18(19)15-14-17(2)20/h9-10,12-15H,3-8,11,16H2,1-2H3. The molecule has 1 rings (SSSR count). The Morgan fingerprint density at radius 1 is 1.05 bits per heavy atom. The van der Waals surface area contributed by atoms with Crippen molar-refractivity contribution in [3.8, 4) is 5.75 Å². The highest BCUT2D eigenvalue weighted by molar-refractivity contribution is 5.91. The number of ketones is 1. The number of carbonyl (C=O) groups excluding carboxylic acids is 1. The maximum absolute atomic E-state index is 11.0. The van der Waals surface area contributed by atoms with Gasteiger partial charge in [0.2, 0.25) is 0 Å². The molecule has 2 heteroatoms. The molecule has 0 aliphatic heterocycles. The van der Waals surface area contributed by atoms with Crippen LogP contribution in [-0.4, -0.2) is 12.4 Å². The number of ether oxygens (including phenoxy) is 1. The molecule has 21 heavy (non-hydrogen) atoms. The molecule has 116 valence electrons. The second-order valence-corrected chi connectivity index (χ2v) is 5.45. The molecule has 0 spiro atoms. The van der Waals surface area contributed by atoms with Crippen molar-refractivity contribution in [1.29, 1.82) is 0 Å². The van der Waals surface area contributed by atoms with Gasteiger partial charge in [-0.3, -0.25) is 4.79 Å². The zero-order valence-electron chi connectivity index (χ0n) is 13.4. The average Bonchev–Trinajstić information content (AvgIpc) is 2.48. The third kappa shape index (κ3) is 8.34. The predicted molar refractivity (Wildman–Crippen MR) is 89.6 cm³/mol. The molecule has 2 nitrogen and oxygen atoms in total. The maximum Gasteiger partial charge on any atom is 0.152 e. The van der Waals surface area contributed by atoms with E-state index in [-0.39, 0.29) is 5.78 Å². The zero-order chi connectivity index (χ0) is 15.3. The van der Waals surface area contributed by atoms with Crippen LogP contribution in [-0.2, 0) is 4.79 Å². The first-order chi connectivity index (χ1) is 10.2. The molecule has 1 aromatic carbocycles. The molecule has 0 aliphatic carbocycles. The summed E-state index contributed by atoms with van der Waals surface area (Å²) in [6.45, 7) is 4.54. The van der Waals surface area contributed by atoms with Crippen molar-refractivity contribution < 1.29 is 9.53 Å². The first kappa shape index (κ1) is 17.5. The Bertz CT molecular complexity index is 435. The molecule has 0 radical (unpaired) electrons. The highest BCUT2D eigenvalue weighted by Gasteiger charge is 2.00. The number of benzene rings is 1. The predicted octanol–water partition coefficient (Wildman–Crippen LogP) is 5.42. The quantitative estimate of drug-likeness (QED) is 0.401. The van der Waals surface area contributed by atoms with E-state index in [1.54, 1.807) is 13.0 Å². The molecule has 0 atom stereocenters. The first-order valence-corrected chi connectivity index (χ1v) is 8.14. The zero-order valence-corrected chi connectivity index (χ0v) is 13.4. The lowest BCUT2D eigenvalue weighted by atomic mass is 10.1. The molecule has 0 amide bonds. The fourth-order valence-electron chi connectivity index (χ4n) is 2.20. The van der Waals surface area contributed by atoms with Crippen molar-refractivity contribution in [3.63, 3.8) is 0 Å². The van der Waals surface area contributed by atoms with Crippen molar-refractivity contribution in [2.24, 2.45) is 0 Å². The van der Waals surface area contributed by atoms with Gasteiger partial charge in [0.1, 0.15) is 5.75 Å². The summed E-state index contributed by atoms with van der Waals surface area (Å²) in [6.07, 6.45) is 12.4. The van der Waals surface area contributed by atoms with E-state index in [0.29, 0.717) is 0 Å². The van der Waals surface area contributed by atoms with E-state index in [9.17, 15) is 4.79 Å². The van der Waals surface area contributed by atoms with Crippen LogP contribution in [0.5, 0.6) is 5.75 Å². The van der Waals surface area contributed by atoms with Crippen LogP contribution in [0.15, 0.2) is 30.3 Å². The van der Waals surface area contributed by atoms with Crippen LogP contribution >= 0.6 is 0 Å². The highest BCUT2D eigenvalue weighted by atomic mass is 16.5. The van der Waals surface area contributed by atoms with Gasteiger partial charge in [0.25, 0.3) is 0 Å². The Morgan fingerprint density at radius 2 is 1.71 bits per heavy atom. The third-order valence-corrected chi connectivity index (χ3v) is 3.42.